The van der Waals surface area contributed by atoms with Gasteiger partial charge in [0.15, 0.2) is 5.65 Å². The molecule has 0 atom stereocenters. The average Bonchev–Trinajstić information content (AvgIpc) is 3.48. The quantitative estimate of drug-likeness (QED) is 0.442. The van der Waals surface area contributed by atoms with Gasteiger partial charge < -0.3 is 9.80 Å². The zero-order valence-electron chi connectivity index (χ0n) is 18.7. The summed E-state index contributed by atoms with van der Waals surface area (Å²) in [5.41, 5.74) is 2.31. The molecule has 5 rings (SSSR count). The summed E-state index contributed by atoms with van der Waals surface area (Å²) < 4.78 is 15.3. The van der Waals surface area contributed by atoms with Gasteiger partial charge in [0.25, 0.3) is 5.91 Å². The van der Waals surface area contributed by atoms with Crippen LogP contribution in [0, 0.1) is 12.7 Å². The highest BCUT2D eigenvalue weighted by atomic mass is 32.1. The Balaban J connectivity index is 1.50. The fraction of sp³-hybridized carbons (Fsp3) is 0.333. The van der Waals surface area contributed by atoms with Crippen LogP contribution in [0.25, 0.3) is 16.7 Å². The number of halogens is 1. The van der Waals surface area contributed by atoms with Crippen molar-refractivity contribution in [2.24, 2.45) is 0 Å². The normalized spacial score (nSPS) is 14.3. The molecule has 0 unspecified atom stereocenters. The average molecular weight is 465 g/mol. The van der Waals surface area contributed by atoms with Crippen LogP contribution in [0.3, 0.4) is 0 Å². The number of piperazine rings is 1. The number of aromatic nitrogens is 4. The van der Waals surface area contributed by atoms with Crippen molar-refractivity contribution in [1.82, 2.24) is 24.6 Å². The van der Waals surface area contributed by atoms with Gasteiger partial charge in [-0.3, -0.25) is 4.79 Å². The Morgan fingerprint density at radius 3 is 2.52 bits per heavy atom. The van der Waals surface area contributed by atoms with Crippen molar-refractivity contribution >= 4 is 34.1 Å². The van der Waals surface area contributed by atoms with Gasteiger partial charge in [0.2, 0.25) is 0 Å². The molecule has 1 amide bonds. The van der Waals surface area contributed by atoms with Gasteiger partial charge in [0.05, 0.1) is 21.6 Å². The van der Waals surface area contributed by atoms with Gasteiger partial charge in [-0.2, -0.15) is 5.10 Å². The second kappa shape index (κ2) is 8.90. The summed E-state index contributed by atoms with van der Waals surface area (Å²) in [6.45, 7) is 6.70. The number of carbonyl (C=O) groups is 1. The third-order valence-electron chi connectivity index (χ3n) is 5.87. The van der Waals surface area contributed by atoms with E-state index in [9.17, 15) is 9.18 Å². The van der Waals surface area contributed by atoms with Gasteiger partial charge in [-0.1, -0.05) is 13.0 Å². The van der Waals surface area contributed by atoms with E-state index in [2.05, 4.69) is 11.8 Å². The van der Waals surface area contributed by atoms with Crippen molar-refractivity contribution in [2.75, 3.05) is 31.1 Å². The first-order chi connectivity index (χ1) is 16.0. The highest BCUT2D eigenvalue weighted by Gasteiger charge is 2.27. The number of anilines is 1. The standard InChI is InChI=1S/C24H25FN6OS/c1-3-5-20-26-22(29-11-13-30(14-12-29)24(32)19-6-4-15-33-19)21-16(2)28-31(23(21)27-20)18-9-7-17(25)8-10-18/h4,6-10,15H,3,5,11-14H2,1-2H3. The van der Waals surface area contributed by atoms with Crippen molar-refractivity contribution in [3.05, 3.63) is 64.0 Å². The summed E-state index contributed by atoms with van der Waals surface area (Å²) in [6, 6.07) is 10.0. The number of amides is 1. The lowest BCUT2D eigenvalue weighted by atomic mass is 10.2. The van der Waals surface area contributed by atoms with Crippen molar-refractivity contribution in [3.63, 3.8) is 0 Å². The molecule has 33 heavy (non-hydrogen) atoms. The molecule has 0 N–H and O–H groups in total. The van der Waals surface area contributed by atoms with Crippen LogP contribution in [0.2, 0.25) is 0 Å². The maximum Gasteiger partial charge on any atom is 0.264 e. The second-order valence-electron chi connectivity index (χ2n) is 8.14. The van der Waals surface area contributed by atoms with Gasteiger partial charge in [-0.05, 0) is 49.1 Å². The highest BCUT2D eigenvalue weighted by Crippen LogP contribution is 2.30. The van der Waals surface area contributed by atoms with Crippen molar-refractivity contribution < 1.29 is 9.18 Å². The van der Waals surface area contributed by atoms with E-state index in [1.165, 1.54) is 23.5 Å². The van der Waals surface area contributed by atoms with E-state index < -0.39 is 0 Å². The maximum absolute atomic E-state index is 13.5. The Hall–Kier alpha value is -3.33. The molecule has 1 saturated heterocycles. The number of hydrogen-bond acceptors (Lipinski definition) is 6. The molecule has 9 heteroatoms. The Bertz CT molecular complexity index is 1280. The first-order valence-corrected chi connectivity index (χ1v) is 12.0. The second-order valence-corrected chi connectivity index (χ2v) is 9.09. The first-order valence-electron chi connectivity index (χ1n) is 11.1. The molecule has 0 bridgehead atoms. The zero-order chi connectivity index (χ0) is 22.9. The molecule has 1 aliphatic heterocycles. The van der Waals surface area contributed by atoms with Gasteiger partial charge >= 0.3 is 0 Å². The van der Waals surface area contributed by atoms with Gasteiger partial charge in [-0.15, -0.1) is 11.3 Å². The molecule has 1 aromatic carbocycles. The molecule has 7 nitrogen and oxygen atoms in total. The molecule has 1 fully saturated rings. The van der Waals surface area contributed by atoms with Crippen LogP contribution in [0.4, 0.5) is 10.2 Å². The monoisotopic (exact) mass is 464 g/mol. The summed E-state index contributed by atoms with van der Waals surface area (Å²) in [5.74, 6) is 1.42. The Labute approximate surface area is 195 Å². The number of rotatable bonds is 5. The lowest BCUT2D eigenvalue weighted by molar-refractivity contribution is 0.0751. The van der Waals surface area contributed by atoms with E-state index in [-0.39, 0.29) is 11.7 Å². The molecule has 3 aromatic heterocycles. The van der Waals surface area contributed by atoms with Crippen LogP contribution < -0.4 is 4.90 Å². The molecule has 170 valence electrons. The third kappa shape index (κ3) is 4.08. The summed E-state index contributed by atoms with van der Waals surface area (Å²) in [7, 11) is 0. The summed E-state index contributed by atoms with van der Waals surface area (Å²) in [5, 5.41) is 7.55. The Kier molecular flexibility index (Phi) is 5.80. The molecular formula is C24H25FN6OS. The van der Waals surface area contributed by atoms with E-state index in [0.29, 0.717) is 26.2 Å². The van der Waals surface area contributed by atoms with Gasteiger partial charge in [0, 0.05) is 32.6 Å². The topological polar surface area (TPSA) is 67.2 Å². The lowest BCUT2D eigenvalue weighted by Gasteiger charge is -2.35. The summed E-state index contributed by atoms with van der Waals surface area (Å²) >= 11 is 1.47. The van der Waals surface area contributed by atoms with E-state index in [0.717, 1.165) is 51.8 Å². The number of benzene rings is 1. The molecule has 0 aliphatic carbocycles. The Morgan fingerprint density at radius 2 is 1.85 bits per heavy atom. The molecule has 1 aliphatic rings. The number of nitrogens with zero attached hydrogens (tertiary/aromatic N) is 6. The van der Waals surface area contributed by atoms with Gasteiger partial charge in [-0.25, -0.2) is 19.0 Å². The minimum Gasteiger partial charge on any atom is -0.352 e. The minimum absolute atomic E-state index is 0.0875. The SMILES string of the molecule is CCCc1nc(N2CCN(C(=O)c3cccs3)CC2)c2c(C)nn(-c3ccc(F)cc3)c2n1. The zero-order valence-corrected chi connectivity index (χ0v) is 19.5. The van der Waals surface area contributed by atoms with E-state index >= 15 is 0 Å². The van der Waals surface area contributed by atoms with E-state index in [1.807, 2.05) is 29.3 Å². The molecule has 4 aromatic rings. The number of thiophene rings is 1. The van der Waals surface area contributed by atoms with Crippen LogP contribution in [-0.4, -0.2) is 56.7 Å². The number of aryl methyl sites for hydroxylation is 2. The largest absolute Gasteiger partial charge is 0.352 e. The van der Waals surface area contributed by atoms with Crippen molar-refractivity contribution in [2.45, 2.75) is 26.7 Å². The molecule has 4 heterocycles. The fourth-order valence-corrected chi connectivity index (χ4v) is 4.90. The first kappa shape index (κ1) is 21.5. The van der Waals surface area contributed by atoms with Crippen LogP contribution in [0.5, 0.6) is 0 Å². The van der Waals surface area contributed by atoms with E-state index in [1.54, 1.807) is 16.8 Å². The lowest BCUT2D eigenvalue weighted by Crippen LogP contribution is -2.49. The molecular weight excluding hydrogens is 439 g/mol. The smallest absolute Gasteiger partial charge is 0.264 e. The molecule has 0 radical (unpaired) electrons. The number of hydrogen-bond donors (Lipinski definition) is 0. The van der Waals surface area contributed by atoms with Crippen LogP contribution in [-0.2, 0) is 6.42 Å². The number of carbonyl (C=O) groups excluding carboxylic acids is 1. The van der Waals surface area contributed by atoms with Crippen LogP contribution in [0.15, 0.2) is 41.8 Å². The minimum atomic E-state index is -0.288. The predicted octanol–water partition coefficient (Wildman–Crippen LogP) is 4.24. The molecule has 0 saturated carbocycles. The summed E-state index contributed by atoms with van der Waals surface area (Å²) in [4.78, 5) is 27.4. The Morgan fingerprint density at radius 1 is 1.09 bits per heavy atom. The number of fused-ring (bicyclic) bond motifs is 1. The fourth-order valence-electron chi connectivity index (χ4n) is 4.21. The molecule has 0 spiro atoms. The highest BCUT2D eigenvalue weighted by molar-refractivity contribution is 7.12. The van der Waals surface area contributed by atoms with Crippen LogP contribution in [0.1, 0.15) is 34.5 Å². The maximum atomic E-state index is 13.5. The van der Waals surface area contributed by atoms with Gasteiger partial charge in [0.1, 0.15) is 17.5 Å². The van der Waals surface area contributed by atoms with Crippen LogP contribution >= 0.6 is 11.3 Å². The summed E-state index contributed by atoms with van der Waals surface area (Å²) in [6.07, 6.45) is 1.69. The van der Waals surface area contributed by atoms with E-state index in [4.69, 9.17) is 15.1 Å². The van der Waals surface area contributed by atoms with Crippen molar-refractivity contribution in [3.8, 4) is 5.69 Å². The predicted molar refractivity (Wildman–Crippen MR) is 128 cm³/mol. The van der Waals surface area contributed by atoms with Crippen molar-refractivity contribution in [1.29, 1.82) is 0 Å². The third-order valence-corrected chi connectivity index (χ3v) is 6.73.